The number of benzene rings is 2. The van der Waals surface area contributed by atoms with Gasteiger partial charge in [-0.05, 0) is 22.8 Å². The van der Waals surface area contributed by atoms with Gasteiger partial charge in [0.2, 0.25) is 0 Å². The van der Waals surface area contributed by atoms with Gasteiger partial charge in [0, 0.05) is 18.5 Å². The first kappa shape index (κ1) is 19.0. The van der Waals surface area contributed by atoms with E-state index in [1.807, 2.05) is 36.4 Å². The Balaban J connectivity index is 1.54. The molecule has 1 aliphatic rings. The summed E-state index contributed by atoms with van der Waals surface area (Å²) in [5, 5.41) is 13.9. The van der Waals surface area contributed by atoms with E-state index in [-0.39, 0.29) is 17.6 Å². The van der Waals surface area contributed by atoms with Crippen molar-refractivity contribution in [3.63, 3.8) is 0 Å². The van der Waals surface area contributed by atoms with Crippen LogP contribution in [0.25, 0.3) is 11.3 Å². The lowest BCUT2D eigenvalue weighted by molar-refractivity contribution is 0.0595. The molecule has 0 saturated heterocycles. The SMILES string of the molecule is COC(=O)c1nc(-c2cccc(CN[C@@H]3c4ccccc4C[C@@H]3O)c2)cnc1N. The highest BCUT2D eigenvalue weighted by atomic mass is 16.5. The molecule has 0 unspecified atom stereocenters. The summed E-state index contributed by atoms with van der Waals surface area (Å²) in [4.78, 5) is 20.2. The van der Waals surface area contributed by atoms with Crippen LogP contribution < -0.4 is 11.1 Å². The van der Waals surface area contributed by atoms with Crippen molar-refractivity contribution in [2.75, 3.05) is 12.8 Å². The number of aromatic nitrogens is 2. The molecule has 2 atom stereocenters. The van der Waals surface area contributed by atoms with E-state index in [2.05, 4.69) is 27.4 Å². The minimum absolute atomic E-state index is 0.000729. The number of aliphatic hydroxyl groups is 1. The minimum Gasteiger partial charge on any atom is -0.464 e. The van der Waals surface area contributed by atoms with Crippen molar-refractivity contribution < 1.29 is 14.6 Å². The molecule has 0 saturated carbocycles. The zero-order valence-corrected chi connectivity index (χ0v) is 16.0. The minimum atomic E-state index is -0.622. The first-order valence-electron chi connectivity index (χ1n) is 9.36. The van der Waals surface area contributed by atoms with Gasteiger partial charge < -0.3 is 20.9 Å². The number of nitrogens with one attached hydrogen (secondary N) is 1. The fraction of sp³-hybridized carbons (Fsp3) is 0.227. The van der Waals surface area contributed by atoms with Gasteiger partial charge in [0.25, 0.3) is 0 Å². The second-order valence-corrected chi connectivity index (χ2v) is 7.01. The molecule has 1 aromatic heterocycles. The van der Waals surface area contributed by atoms with Crippen LogP contribution in [0.15, 0.2) is 54.7 Å². The van der Waals surface area contributed by atoms with Crippen molar-refractivity contribution in [3.05, 3.63) is 77.1 Å². The van der Waals surface area contributed by atoms with Crippen molar-refractivity contribution >= 4 is 11.8 Å². The highest BCUT2D eigenvalue weighted by Crippen LogP contribution is 2.31. The van der Waals surface area contributed by atoms with Gasteiger partial charge >= 0.3 is 5.97 Å². The van der Waals surface area contributed by atoms with E-state index in [1.54, 1.807) is 0 Å². The van der Waals surface area contributed by atoms with Crippen molar-refractivity contribution in [3.8, 4) is 11.3 Å². The normalized spacial score (nSPS) is 17.7. The molecule has 4 rings (SSSR count). The molecule has 4 N–H and O–H groups in total. The highest BCUT2D eigenvalue weighted by Gasteiger charge is 2.30. The summed E-state index contributed by atoms with van der Waals surface area (Å²) < 4.78 is 4.71. The molecule has 0 amide bonds. The summed E-state index contributed by atoms with van der Waals surface area (Å²) >= 11 is 0. The van der Waals surface area contributed by atoms with Gasteiger partial charge in [-0.15, -0.1) is 0 Å². The van der Waals surface area contributed by atoms with Crippen LogP contribution in [0.2, 0.25) is 0 Å². The molecular weight excluding hydrogens is 368 g/mol. The first-order chi connectivity index (χ1) is 14.1. The van der Waals surface area contributed by atoms with Crippen molar-refractivity contribution in [2.45, 2.75) is 25.1 Å². The second kappa shape index (κ2) is 7.98. The number of ether oxygens (including phenoxy) is 1. The van der Waals surface area contributed by atoms with Crippen LogP contribution in [0.1, 0.15) is 33.2 Å². The van der Waals surface area contributed by atoms with E-state index in [0.29, 0.717) is 18.7 Å². The maximum atomic E-state index is 11.8. The lowest BCUT2D eigenvalue weighted by Crippen LogP contribution is -2.28. The number of methoxy groups -OCH3 is 1. The molecular formula is C22H22N4O3. The quantitative estimate of drug-likeness (QED) is 0.573. The maximum absolute atomic E-state index is 11.8. The molecule has 2 aromatic carbocycles. The smallest absolute Gasteiger partial charge is 0.360 e. The molecule has 3 aromatic rings. The molecule has 7 heteroatoms. The van der Waals surface area contributed by atoms with Crippen LogP contribution in [0.5, 0.6) is 0 Å². The number of nitrogen functional groups attached to an aromatic ring is 1. The lowest BCUT2D eigenvalue weighted by Gasteiger charge is -2.18. The number of carbonyl (C=O) groups is 1. The number of nitrogens with two attached hydrogens (primary N) is 1. The van der Waals surface area contributed by atoms with Crippen LogP contribution in [0.3, 0.4) is 0 Å². The predicted octanol–water partition coefficient (Wildman–Crippen LogP) is 2.26. The van der Waals surface area contributed by atoms with Crippen molar-refractivity contribution in [2.24, 2.45) is 0 Å². The third-order valence-corrected chi connectivity index (χ3v) is 5.13. The van der Waals surface area contributed by atoms with Gasteiger partial charge in [-0.3, -0.25) is 0 Å². The number of aliphatic hydroxyl groups excluding tert-OH is 1. The zero-order chi connectivity index (χ0) is 20.4. The van der Waals surface area contributed by atoms with Gasteiger partial charge in [-0.2, -0.15) is 0 Å². The van der Waals surface area contributed by atoms with Crippen molar-refractivity contribution in [1.82, 2.24) is 15.3 Å². The van der Waals surface area contributed by atoms with E-state index >= 15 is 0 Å². The topological polar surface area (TPSA) is 110 Å². The van der Waals surface area contributed by atoms with E-state index in [1.165, 1.54) is 18.9 Å². The van der Waals surface area contributed by atoms with Crippen LogP contribution >= 0.6 is 0 Å². The van der Waals surface area contributed by atoms with E-state index in [4.69, 9.17) is 10.5 Å². The Kier molecular flexibility index (Phi) is 5.24. The molecule has 0 fully saturated rings. The zero-order valence-electron chi connectivity index (χ0n) is 16.0. The summed E-state index contributed by atoms with van der Waals surface area (Å²) in [7, 11) is 1.28. The van der Waals surface area contributed by atoms with Crippen LogP contribution in [0.4, 0.5) is 5.82 Å². The van der Waals surface area contributed by atoms with Gasteiger partial charge in [-0.1, -0.05) is 42.5 Å². The van der Waals surface area contributed by atoms with E-state index in [9.17, 15) is 9.90 Å². The van der Waals surface area contributed by atoms with Crippen LogP contribution in [-0.4, -0.2) is 34.3 Å². The Hall–Kier alpha value is -3.29. The highest BCUT2D eigenvalue weighted by molar-refractivity contribution is 5.92. The average molecular weight is 390 g/mol. The third-order valence-electron chi connectivity index (χ3n) is 5.13. The molecule has 7 nitrogen and oxygen atoms in total. The predicted molar refractivity (Wildman–Crippen MR) is 109 cm³/mol. The lowest BCUT2D eigenvalue weighted by atomic mass is 10.1. The number of carbonyl (C=O) groups excluding carboxylic acids is 1. The molecule has 148 valence electrons. The molecule has 0 spiro atoms. The molecule has 1 aliphatic carbocycles. The molecule has 1 heterocycles. The third kappa shape index (κ3) is 3.83. The number of fused-ring (bicyclic) bond motifs is 1. The number of nitrogens with zero attached hydrogens (tertiary/aromatic N) is 2. The Morgan fingerprint density at radius 3 is 2.93 bits per heavy atom. The van der Waals surface area contributed by atoms with Crippen LogP contribution in [-0.2, 0) is 17.7 Å². The van der Waals surface area contributed by atoms with E-state index in [0.717, 1.165) is 16.7 Å². The maximum Gasteiger partial charge on any atom is 0.360 e. The number of rotatable bonds is 5. The molecule has 0 bridgehead atoms. The standard InChI is InChI=1S/C22H22N4O3/c1-29-22(28)20-21(23)25-12-17(26-20)15-7-4-5-13(9-15)11-24-19-16-8-3-2-6-14(16)10-18(19)27/h2-9,12,18-19,24,27H,10-11H2,1H3,(H2,23,25)/t18-,19+/m0/s1. The van der Waals surface area contributed by atoms with E-state index < -0.39 is 12.1 Å². The Morgan fingerprint density at radius 2 is 2.10 bits per heavy atom. The number of hydrogen-bond donors (Lipinski definition) is 3. The molecule has 0 radical (unpaired) electrons. The van der Waals surface area contributed by atoms with Gasteiger partial charge in [0.15, 0.2) is 11.5 Å². The number of esters is 1. The summed E-state index contributed by atoms with van der Waals surface area (Å²) in [6.45, 7) is 0.580. The Labute approximate surface area is 168 Å². The van der Waals surface area contributed by atoms with Gasteiger partial charge in [0.1, 0.15) is 0 Å². The molecule has 0 aliphatic heterocycles. The second-order valence-electron chi connectivity index (χ2n) is 7.01. The average Bonchev–Trinajstić information content (AvgIpc) is 3.07. The number of hydrogen-bond acceptors (Lipinski definition) is 7. The fourth-order valence-electron chi connectivity index (χ4n) is 3.67. The summed E-state index contributed by atoms with van der Waals surface area (Å²) in [6.07, 6.45) is 1.75. The molecule has 29 heavy (non-hydrogen) atoms. The Bertz CT molecular complexity index is 1050. The van der Waals surface area contributed by atoms with Crippen LogP contribution in [0, 0.1) is 0 Å². The fourth-order valence-corrected chi connectivity index (χ4v) is 3.67. The van der Waals surface area contributed by atoms with Crippen molar-refractivity contribution in [1.29, 1.82) is 0 Å². The van der Waals surface area contributed by atoms with Gasteiger partial charge in [0.05, 0.1) is 31.1 Å². The summed E-state index contributed by atoms with van der Waals surface area (Å²) in [6, 6.07) is 15.8. The monoisotopic (exact) mass is 390 g/mol. The van der Waals surface area contributed by atoms with Gasteiger partial charge in [-0.25, -0.2) is 14.8 Å². The number of anilines is 1. The first-order valence-corrected chi connectivity index (χ1v) is 9.36. The summed E-state index contributed by atoms with van der Waals surface area (Å²) in [5.41, 5.74) is 10.4. The summed E-state index contributed by atoms with van der Waals surface area (Å²) in [5.74, 6) is -0.587. The Morgan fingerprint density at radius 1 is 1.28 bits per heavy atom. The largest absolute Gasteiger partial charge is 0.464 e.